The molecule has 30 heavy (non-hydrogen) atoms. The minimum atomic E-state index is -0.853. The number of aliphatic carboxylic acids is 1. The molecule has 0 amide bonds. The van der Waals surface area contributed by atoms with Crippen molar-refractivity contribution >= 4 is 5.97 Å². The number of benzene rings is 2. The molecule has 3 rings (SSSR count). The van der Waals surface area contributed by atoms with Crippen LogP contribution in [-0.4, -0.2) is 17.2 Å². The zero-order chi connectivity index (χ0) is 21.7. The summed E-state index contributed by atoms with van der Waals surface area (Å²) in [4.78, 5) is 10.7. The maximum absolute atomic E-state index is 14.9. The number of hydrogen-bond acceptors (Lipinski definition) is 2. The molecular weight excluding hydrogens is 379 g/mol. The Morgan fingerprint density at radius 2 is 1.73 bits per heavy atom. The van der Waals surface area contributed by atoms with Gasteiger partial charge in [0.2, 0.25) is 0 Å². The summed E-state index contributed by atoms with van der Waals surface area (Å²) in [5.41, 5.74) is 2.26. The maximum Gasteiger partial charge on any atom is 0.303 e. The van der Waals surface area contributed by atoms with Crippen LogP contribution in [0.4, 0.5) is 4.39 Å². The van der Waals surface area contributed by atoms with Gasteiger partial charge in [-0.2, -0.15) is 0 Å². The Morgan fingerprint density at radius 3 is 2.33 bits per heavy atom. The highest BCUT2D eigenvalue weighted by Gasteiger charge is 2.30. The van der Waals surface area contributed by atoms with Gasteiger partial charge in [0.1, 0.15) is 11.6 Å². The second-order valence-electron chi connectivity index (χ2n) is 9.51. The molecule has 0 unspecified atom stereocenters. The van der Waals surface area contributed by atoms with Crippen molar-refractivity contribution in [2.45, 2.75) is 71.8 Å². The Balaban J connectivity index is 1.61. The van der Waals surface area contributed by atoms with Crippen molar-refractivity contribution in [1.29, 1.82) is 0 Å². The van der Waals surface area contributed by atoms with Crippen molar-refractivity contribution in [2.24, 2.45) is 11.3 Å². The molecule has 1 aliphatic carbocycles. The van der Waals surface area contributed by atoms with Gasteiger partial charge in [-0.3, -0.25) is 4.79 Å². The van der Waals surface area contributed by atoms with Gasteiger partial charge in [-0.15, -0.1) is 0 Å². The molecule has 2 aromatic rings. The van der Waals surface area contributed by atoms with Crippen LogP contribution in [0, 0.1) is 17.2 Å². The van der Waals surface area contributed by atoms with Crippen molar-refractivity contribution in [3.05, 3.63) is 53.8 Å². The zero-order valence-corrected chi connectivity index (χ0v) is 18.3. The summed E-state index contributed by atoms with van der Waals surface area (Å²) in [7, 11) is 0. The molecule has 0 radical (unpaired) electrons. The molecular formula is C26H33FO3. The van der Waals surface area contributed by atoms with E-state index in [0.29, 0.717) is 29.4 Å². The topological polar surface area (TPSA) is 46.5 Å². The van der Waals surface area contributed by atoms with Gasteiger partial charge < -0.3 is 9.84 Å². The van der Waals surface area contributed by atoms with Crippen LogP contribution in [0.5, 0.6) is 5.75 Å². The van der Waals surface area contributed by atoms with Crippen LogP contribution >= 0.6 is 0 Å². The number of aryl methyl sites for hydroxylation is 1. The normalized spacial score (nSPS) is 19.5. The lowest BCUT2D eigenvalue weighted by atomic mass is 9.72. The van der Waals surface area contributed by atoms with Crippen LogP contribution in [0.1, 0.15) is 64.9 Å². The third-order valence-electron chi connectivity index (χ3n) is 6.28. The average Bonchev–Trinajstić information content (AvgIpc) is 2.69. The Hall–Kier alpha value is -2.36. The number of carbonyl (C=O) groups is 1. The van der Waals surface area contributed by atoms with Crippen LogP contribution in [-0.2, 0) is 11.2 Å². The molecule has 3 nitrogen and oxygen atoms in total. The zero-order valence-electron chi connectivity index (χ0n) is 18.3. The standard InChI is InChI=1S/C26H33FO3/c1-26(2,3)20-12-16-22(17-13-20)30-21-14-10-18(11-15-21)23-8-4-6-19(25(23)27)7-5-9-24(28)29/h4,6,8,10-11,14-15,20,22H,5,7,9,12-13,16-17H2,1-3H3,(H,28,29). The second-order valence-corrected chi connectivity index (χ2v) is 9.51. The predicted molar refractivity (Wildman–Crippen MR) is 118 cm³/mol. The smallest absolute Gasteiger partial charge is 0.303 e. The number of halogens is 1. The highest BCUT2D eigenvalue weighted by Crippen LogP contribution is 2.39. The number of rotatable bonds is 7. The first-order valence-electron chi connectivity index (χ1n) is 11.0. The Kier molecular flexibility index (Phi) is 7.17. The van der Waals surface area contributed by atoms with E-state index in [2.05, 4.69) is 20.8 Å². The molecule has 0 spiro atoms. The Labute approximate surface area is 179 Å². The number of carboxylic acids is 1. The minimum absolute atomic E-state index is 0.0490. The van der Waals surface area contributed by atoms with E-state index < -0.39 is 5.97 Å². The van der Waals surface area contributed by atoms with Crippen molar-refractivity contribution in [3.63, 3.8) is 0 Å². The highest BCUT2D eigenvalue weighted by atomic mass is 19.1. The molecule has 1 fully saturated rings. The molecule has 0 aromatic heterocycles. The van der Waals surface area contributed by atoms with Gasteiger partial charge in [-0.05, 0) is 73.1 Å². The molecule has 0 saturated heterocycles. The second kappa shape index (κ2) is 9.63. The summed E-state index contributed by atoms with van der Waals surface area (Å²) in [6.45, 7) is 6.95. The highest BCUT2D eigenvalue weighted by molar-refractivity contribution is 5.67. The first-order chi connectivity index (χ1) is 14.2. The van der Waals surface area contributed by atoms with E-state index in [1.165, 1.54) is 12.8 Å². The molecule has 1 aliphatic rings. The van der Waals surface area contributed by atoms with Crippen LogP contribution in [0.2, 0.25) is 0 Å². The summed E-state index contributed by atoms with van der Waals surface area (Å²) in [5.74, 6) is 0.465. The molecule has 1 saturated carbocycles. The van der Waals surface area contributed by atoms with Gasteiger partial charge in [0, 0.05) is 12.0 Å². The fraction of sp³-hybridized carbons (Fsp3) is 0.500. The van der Waals surface area contributed by atoms with Gasteiger partial charge in [-0.1, -0.05) is 51.1 Å². The lowest BCUT2D eigenvalue weighted by Crippen LogP contribution is -2.30. The third-order valence-corrected chi connectivity index (χ3v) is 6.28. The fourth-order valence-electron chi connectivity index (χ4n) is 4.38. The Bertz CT molecular complexity index is 844. The Morgan fingerprint density at radius 1 is 1.07 bits per heavy atom. The molecule has 162 valence electrons. The molecule has 1 N–H and O–H groups in total. The lowest BCUT2D eigenvalue weighted by Gasteiger charge is -2.36. The predicted octanol–water partition coefficient (Wildman–Crippen LogP) is 6.88. The van der Waals surface area contributed by atoms with Crippen molar-refractivity contribution in [2.75, 3.05) is 0 Å². The summed E-state index contributed by atoms with van der Waals surface area (Å²) in [6.07, 6.45) is 5.72. The van der Waals surface area contributed by atoms with Crippen LogP contribution in [0.25, 0.3) is 11.1 Å². The fourth-order valence-corrected chi connectivity index (χ4v) is 4.38. The van der Waals surface area contributed by atoms with Gasteiger partial charge >= 0.3 is 5.97 Å². The van der Waals surface area contributed by atoms with Gasteiger partial charge in [-0.25, -0.2) is 4.39 Å². The van der Waals surface area contributed by atoms with E-state index in [4.69, 9.17) is 9.84 Å². The number of hydrogen-bond donors (Lipinski definition) is 1. The number of carboxylic acid groups (broad SMARTS) is 1. The third kappa shape index (κ3) is 5.84. The van der Waals surface area contributed by atoms with E-state index in [1.54, 1.807) is 12.1 Å². The molecule has 0 aliphatic heterocycles. The quantitative estimate of drug-likeness (QED) is 0.539. The maximum atomic E-state index is 14.9. The molecule has 0 atom stereocenters. The monoisotopic (exact) mass is 412 g/mol. The van der Waals surface area contributed by atoms with Crippen LogP contribution < -0.4 is 4.74 Å². The summed E-state index contributed by atoms with van der Waals surface area (Å²) in [5, 5.41) is 8.78. The SMILES string of the molecule is CC(C)(C)C1CCC(Oc2ccc(-c3cccc(CCCC(=O)O)c3F)cc2)CC1. The number of ether oxygens (including phenoxy) is 1. The first-order valence-corrected chi connectivity index (χ1v) is 11.0. The van der Waals surface area contributed by atoms with Crippen LogP contribution in [0.3, 0.4) is 0 Å². The lowest BCUT2D eigenvalue weighted by molar-refractivity contribution is -0.137. The van der Waals surface area contributed by atoms with E-state index in [1.807, 2.05) is 30.3 Å². The van der Waals surface area contributed by atoms with Crippen molar-refractivity contribution in [3.8, 4) is 16.9 Å². The molecule has 4 heteroatoms. The largest absolute Gasteiger partial charge is 0.490 e. The molecule has 0 bridgehead atoms. The van der Waals surface area contributed by atoms with Gasteiger partial charge in [0.05, 0.1) is 6.10 Å². The van der Waals surface area contributed by atoms with E-state index in [9.17, 15) is 9.18 Å². The summed E-state index contributed by atoms with van der Waals surface area (Å²) in [6, 6.07) is 13.0. The van der Waals surface area contributed by atoms with Crippen molar-refractivity contribution in [1.82, 2.24) is 0 Å². The summed E-state index contributed by atoms with van der Waals surface area (Å²) < 4.78 is 21.1. The van der Waals surface area contributed by atoms with E-state index in [-0.39, 0.29) is 18.3 Å². The summed E-state index contributed by atoms with van der Waals surface area (Å²) >= 11 is 0. The van der Waals surface area contributed by atoms with E-state index >= 15 is 0 Å². The minimum Gasteiger partial charge on any atom is -0.490 e. The molecule has 2 aromatic carbocycles. The average molecular weight is 413 g/mol. The van der Waals surface area contributed by atoms with E-state index in [0.717, 1.165) is 30.1 Å². The van der Waals surface area contributed by atoms with Crippen molar-refractivity contribution < 1.29 is 19.0 Å². The first kappa shape index (κ1) is 22.3. The van der Waals surface area contributed by atoms with Gasteiger partial charge in [0.15, 0.2) is 0 Å². The molecule has 0 heterocycles. The van der Waals surface area contributed by atoms with Crippen LogP contribution in [0.15, 0.2) is 42.5 Å². The van der Waals surface area contributed by atoms with Gasteiger partial charge in [0.25, 0.3) is 0 Å².